The van der Waals surface area contributed by atoms with Gasteiger partial charge < -0.3 is 15.7 Å². The minimum atomic E-state index is -1.15. The van der Waals surface area contributed by atoms with Gasteiger partial charge in [-0.3, -0.25) is 9.59 Å². The molecule has 3 N–H and O–H groups in total. The summed E-state index contributed by atoms with van der Waals surface area (Å²) in [6, 6.07) is 3.37. The van der Waals surface area contributed by atoms with E-state index in [0.717, 1.165) is 17.0 Å². The van der Waals surface area contributed by atoms with Crippen molar-refractivity contribution < 1.29 is 19.1 Å². The highest BCUT2D eigenvalue weighted by Gasteiger charge is 2.17. The van der Waals surface area contributed by atoms with Crippen molar-refractivity contribution >= 4 is 17.6 Å². The van der Waals surface area contributed by atoms with Crippen LogP contribution in [0.5, 0.6) is 0 Å². The molecule has 0 atom stereocenters. The number of likely N-dealkylation sites (N-methyl/N-ethyl adjacent to an activating group) is 1. The molecule has 0 radical (unpaired) electrons. The molecule has 1 aromatic carbocycles. The van der Waals surface area contributed by atoms with Crippen LogP contribution in [0.4, 0.5) is 10.1 Å². The fourth-order valence-corrected chi connectivity index (χ4v) is 1.19. The number of rotatable bonds is 3. The molecule has 0 aromatic heterocycles. The van der Waals surface area contributed by atoms with Gasteiger partial charge in [-0.15, -0.1) is 0 Å². The summed E-state index contributed by atoms with van der Waals surface area (Å²) in [5, 5.41) is 8.50. The fraction of sp³-hybridized carbons (Fsp3) is 0.200. The molecule has 0 spiro atoms. The number of hydrogen-bond donors (Lipinski definition) is 2. The molecule has 0 aliphatic rings. The van der Waals surface area contributed by atoms with Crippen molar-refractivity contribution in [1.29, 1.82) is 0 Å². The highest BCUT2D eigenvalue weighted by Crippen LogP contribution is 2.15. The lowest BCUT2D eigenvalue weighted by Gasteiger charge is -2.15. The number of aliphatic carboxylic acids is 1. The molecule has 0 aliphatic carbocycles. The van der Waals surface area contributed by atoms with Gasteiger partial charge in [0.2, 0.25) is 0 Å². The van der Waals surface area contributed by atoms with E-state index in [1.165, 1.54) is 13.1 Å². The second-order valence-electron chi connectivity index (χ2n) is 3.29. The van der Waals surface area contributed by atoms with Crippen LogP contribution in [0, 0.1) is 5.82 Å². The minimum absolute atomic E-state index is 0.0382. The molecule has 1 aromatic rings. The standard InChI is InChI=1S/C10H11FN2O3/c1-13(5-9(14)15)10(16)7-4-6(11)2-3-8(7)12/h2-4H,5,12H2,1H3,(H,14,15). The first kappa shape index (κ1) is 12.0. The van der Waals surface area contributed by atoms with Crippen molar-refractivity contribution in [3.8, 4) is 0 Å². The van der Waals surface area contributed by atoms with Gasteiger partial charge in [0.1, 0.15) is 12.4 Å². The molecule has 0 bridgehead atoms. The maximum atomic E-state index is 12.9. The Labute approximate surface area is 91.3 Å². The quantitative estimate of drug-likeness (QED) is 0.738. The first-order valence-electron chi connectivity index (χ1n) is 4.44. The topological polar surface area (TPSA) is 83.6 Å². The van der Waals surface area contributed by atoms with Crippen LogP contribution in [0.1, 0.15) is 10.4 Å². The van der Waals surface area contributed by atoms with Crippen molar-refractivity contribution in [1.82, 2.24) is 4.90 Å². The highest BCUT2D eigenvalue weighted by atomic mass is 19.1. The highest BCUT2D eigenvalue weighted by molar-refractivity contribution is 6.00. The Morgan fingerprint density at radius 2 is 2.12 bits per heavy atom. The number of carbonyl (C=O) groups is 2. The molecule has 16 heavy (non-hydrogen) atoms. The van der Waals surface area contributed by atoms with Crippen LogP contribution in [0.3, 0.4) is 0 Å². The number of halogens is 1. The maximum absolute atomic E-state index is 12.9. The third kappa shape index (κ3) is 2.69. The smallest absolute Gasteiger partial charge is 0.323 e. The summed E-state index contributed by atoms with van der Waals surface area (Å²) < 4.78 is 12.9. The van der Waals surface area contributed by atoms with E-state index in [1.54, 1.807) is 0 Å². The van der Waals surface area contributed by atoms with Gasteiger partial charge in [0, 0.05) is 12.7 Å². The third-order valence-electron chi connectivity index (χ3n) is 1.96. The fourth-order valence-electron chi connectivity index (χ4n) is 1.19. The Morgan fingerprint density at radius 1 is 1.50 bits per heavy atom. The zero-order valence-corrected chi connectivity index (χ0v) is 8.61. The lowest BCUT2D eigenvalue weighted by molar-refractivity contribution is -0.137. The second-order valence-corrected chi connectivity index (χ2v) is 3.29. The Bertz CT molecular complexity index is 434. The first-order valence-corrected chi connectivity index (χ1v) is 4.44. The predicted octanol–water partition coefficient (Wildman–Crippen LogP) is 0.565. The summed E-state index contributed by atoms with van der Waals surface area (Å²) in [7, 11) is 1.31. The van der Waals surface area contributed by atoms with Crippen molar-refractivity contribution in [2.24, 2.45) is 0 Å². The van der Waals surface area contributed by atoms with Gasteiger partial charge in [-0.1, -0.05) is 0 Å². The van der Waals surface area contributed by atoms with Crippen LogP contribution in [-0.4, -0.2) is 35.5 Å². The van der Waals surface area contributed by atoms with E-state index in [1.807, 2.05) is 0 Å². The Hall–Kier alpha value is -2.11. The van der Waals surface area contributed by atoms with Crippen LogP contribution >= 0.6 is 0 Å². The van der Waals surface area contributed by atoms with Gasteiger partial charge in [-0.05, 0) is 18.2 Å². The van der Waals surface area contributed by atoms with Gasteiger partial charge in [-0.2, -0.15) is 0 Å². The second kappa shape index (κ2) is 4.61. The average Bonchev–Trinajstić information content (AvgIpc) is 2.19. The normalized spacial score (nSPS) is 9.88. The maximum Gasteiger partial charge on any atom is 0.323 e. The summed E-state index contributed by atoms with van der Waals surface area (Å²) in [6.07, 6.45) is 0. The molecule has 0 saturated heterocycles. The van der Waals surface area contributed by atoms with Gasteiger partial charge in [0.05, 0.1) is 5.56 Å². The molecule has 6 heteroatoms. The summed E-state index contributed by atoms with van der Waals surface area (Å²) in [4.78, 5) is 23.0. The monoisotopic (exact) mass is 226 g/mol. The number of benzene rings is 1. The van der Waals surface area contributed by atoms with E-state index >= 15 is 0 Å². The van der Waals surface area contributed by atoms with Crippen LogP contribution in [0.15, 0.2) is 18.2 Å². The van der Waals surface area contributed by atoms with E-state index in [0.29, 0.717) is 0 Å². The van der Waals surface area contributed by atoms with E-state index in [-0.39, 0.29) is 11.3 Å². The SMILES string of the molecule is CN(CC(=O)O)C(=O)c1cc(F)ccc1N. The van der Waals surface area contributed by atoms with E-state index < -0.39 is 24.2 Å². The Balaban J connectivity index is 2.95. The van der Waals surface area contributed by atoms with Crippen molar-refractivity contribution in [3.63, 3.8) is 0 Å². The molecular formula is C10H11FN2O3. The van der Waals surface area contributed by atoms with Gasteiger partial charge in [0.15, 0.2) is 0 Å². The largest absolute Gasteiger partial charge is 0.480 e. The number of hydrogen-bond acceptors (Lipinski definition) is 3. The molecular weight excluding hydrogens is 215 g/mol. The first-order chi connectivity index (χ1) is 7.41. The predicted molar refractivity (Wildman–Crippen MR) is 55.4 cm³/mol. The molecule has 5 nitrogen and oxygen atoms in total. The molecule has 86 valence electrons. The molecule has 1 rings (SSSR count). The third-order valence-corrected chi connectivity index (χ3v) is 1.96. The number of carboxylic acid groups (broad SMARTS) is 1. The lowest BCUT2D eigenvalue weighted by atomic mass is 10.1. The molecule has 0 aliphatic heterocycles. The van der Waals surface area contributed by atoms with Gasteiger partial charge >= 0.3 is 5.97 Å². The van der Waals surface area contributed by atoms with Crippen molar-refractivity contribution in [2.45, 2.75) is 0 Å². The molecule has 1 amide bonds. The Morgan fingerprint density at radius 3 is 2.69 bits per heavy atom. The number of carbonyl (C=O) groups excluding carboxylic acids is 1. The van der Waals surface area contributed by atoms with Crippen LogP contribution in [0.25, 0.3) is 0 Å². The summed E-state index contributed by atoms with van der Waals surface area (Å²) >= 11 is 0. The van der Waals surface area contributed by atoms with Crippen molar-refractivity contribution in [2.75, 3.05) is 19.3 Å². The number of nitrogen functional groups attached to an aromatic ring is 1. The minimum Gasteiger partial charge on any atom is -0.480 e. The molecule has 0 heterocycles. The number of anilines is 1. The number of nitrogens with two attached hydrogens (primary N) is 1. The zero-order valence-electron chi connectivity index (χ0n) is 8.61. The van der Waals surface area contributed by atoms with Crippen LogP contribution in [-0.2, 0) is 4.79 Å². The number of amides is 1. The van der Waals surface area contributed by atoms with Gasteiger partial charge in [-0.25, -0.2) is 4.39 Å². The lowest BCUT2D eigenvalue weighted by Crippen LogP contribution is -2.32. The summed E-state index contributed by atoms with van der Waals surface area (Å²) in [6.45, 7) is -0.464. The Kier molecular flexibility index (Phi) is 3.44. The van der Waals surface area contributed by atoms with E-state index in [9.17, 15) is 14.0 Å². The van der Waals surface area contributed by atoms with Crippen LogP contribution < -0.4 is 5.73 Å². The molecule has 0 unspecified atom stereocenters. The molecule has 0 saturated carbocycles. The van der Waals surface area contributed by atoms with Crippen LogP contribution in [0.2, 0.25) is 0 Å². The molecule has 0 fully saturated rings. The average molecular weight is 226 g/mol. The van der Waals surface area contributed by atoms with Crippen molar-refractivity contribution in [3.05, 3.63) is 29.6 Å². The number of nitrogens with zero attached hydrogens (tertiary/aromatic N) is 1. The van der Waals surface area contributed by atoms with Gasteiger partial charge in [0.25, 0.3) is 5.91 Å². The number of carboxylic acids is 1. The van der Waals surface area contributed by atoms with E-state index in [4.69, 9.17) is 10.8 Å². The van der Waals surface area contributed by atoms with E-state index in [2.05, 4.69) is 0 Å². The zero-order chi connectivity index (χ0) is 12.3. The summed E-state index contributed by atoms with van der Waals surface area (Å²) in [5.74, 6) is -2.37. The summed E-state index contributed by atoms with van der Waals surface area (Å²) in [5.41, 5.74) is 5.57.